The van der Waals surface area contributed by atoms with Crippen molar-refractivity contribution in [3.63, 3.8) is 0 Å². The SMILES string of the molecule is COC[C@H]1O[C@@H](OC2[C@H](Oc3c(-c4cc(O)c(O[C@@H]5OC[C@@H](O[C@@H]6C[C@@H](C)[C@H](O)[C@@H](O)C6O)[C@H](O)[C@H]5O)c(O)c4)oc4cc(O)cc(O)c4c3=O)O[C@@H](C)[C@H](O)[C@H]2O)[C@H](O[C@@H]2O[C@H](CO)[C@@H](O)[C@H](O)[C@H]2O)[C@@H](O)[C@@H]1O. The third-order valence-electron chi connectivity index (χ3n) is 13.9. The Labute approximate surface area is 423 Å². The lowest BCUT2D eigenvalue weighted by atomic mass is 9.81. The van der Waals surface area contributed by atoms with Gasteiger partial charge in [-0.3, -0.25) is 4.79 Å². The summed E-state index contributed by atoms with van der Waals surface area (Å²) < 4.78 is 63.3. The summed E-state index contributed by atoms with van der Waals surface area (Å²) in [7, 11) is 1.22. The third-order valence-corrected chi connectivity index (χ3v) is 13.9. The monoisotopic (exact) mass is 1080 g/mol. The number of benzene rings is 2. The number of fused-ring (bicyclic) bond motifs is 1. The van der Waals surface area contributed by atoms with Crippen LogP contribution in [0.4, 0.5) is 0 Å². The van der Waals surface area contributed by atoms with Crippen LogP contribution in [0, 0.1) is 5.92 Å². The highest BCUT2D eigenvalue weighted by molar-refractivity contribution is 5.88. The van der Waals surface area contributed by atoms with Gasteiger partial charge in [-0.25, -0.2) is 0 Å². The van der Waals surface area contributed by atoms with Gasteiger partial charge in [0.05, 0.1) is 38.1 Å². The Morgan fingerprint density at radius 1 is 0.560 bits per heavy atom. The van der Waals surface area contributed by atoms with Crippen molar-refractivity contribution in [2.75, 3.05) is 26.9 Å². The van der Waals surface area contributed by atoms with E-state index in [1.54, 1.807) is 6.92 Å². The van der Waals surface area contributed by atoms with Gasteiger partial charge in [-0.15, -0.1) is 0 Å². The van der Waals surface area contributed by atoms with Crippen LogP contribution in [-0.4, -0.2) is 255 Å². The lowest BCUT2D eigenvalue weighted by Gasteiger charge is -2.48. The Balaban J connectivity index is 1.10. The van der Waals surface area contributed by atoms with Crippen molar-refractivity contribution in [1.82, 2.24) is 0 Å². The van der Waals surface area contributed by atoms with Gasteiger partial charge in [-0.05, 0) is 31.4 Å². The maximum atomic E-state index is 14.5. The van der Waals surface area contributed by atoms with Crippen molar-refractivity contribution in [2.45, 2.75) is 161 Å². The van der Waals surface area contributed by atoms with E-state index in [9.17, 15) is 91.6 Å². The number of rotatable bonds is 14. The summed E-state index contributed by atoms with van der Waals surface area (Å²) in [6.07, 6.45) is -40.1. The van der Waals surface area contributed by atoms with E-state index in [0.29, 0.717) is 0 Å². The smallest absolute Gasteiger partial charge is 0.239 e. The predicted molar refractivity (Wildman–Crippen MR) is 240 cm³/mol. The fraction of sp³-hybridized carbons (Fsp3) is 0.674. The summed E-state index contributed by atoms with van der Waals surface area (Å²) in [6.45, 7) is 1.11. The van der Waals surface area contributed by atoms with E-state index in [0.717, 1.165) is 24.3 Å². The molecule has 0 bridgehead atoms. The quantitative estimate of drug-likeness (QED) is 0.0715. The second kappa shape index (κ2) is 22.9. The van der Waals surface area contributed by atoms with Crippen LogP contribution in [0.3, 0.4) is 0 Å². The molecule has 3 aromatic rings. The molecule has 420 valence electrons. The van der Waals surface area contributed by atoms with Crippen LogP contribution in [0.15, 0.2) is 33.5 Å². The van der Waals surface area contributed by atoms with Gasteiger partial charge in [0.1, 0.15) is 114 Å². The minimum atomic E-state index is -2.08. The second-order valence-electron chi connectivity index (χ2n) is 19.2. The first-order valence-corrected chi connectivity index (χ1v) is 23.7. The number of aliphatic hydroxyl groups is 13. The third kappa shape index (κ3) is 11.1. The number of hydrogen-bond acceptors (Lipinski definition) is 29. The molecule has 0 amide bonds. The van der Waals surface area contributed by atoms with Gasteiger partial charge < -0.3 is 139 Å². The van der Waals surface area contributed by atoms with E-state index in [1.807, 2.05) is 0 Å². The number of ether oxygens (including phenoxy) is 10. The molecule has 2 aromatic carbocycles. The van der Waals surface area contributed by atoms with Crippen molar-refractivity contribution in [2.24, 2.45) is 5.92 Å². The molecule has 1 saturated carbocycles. The van der Waals surface area contributed by atoms with E-state index < -0.39 is 229 Å². The summed E-state index contributed by atoms with van der Waals surface area (Å²) in [4.78, 5) is 14.5. The van der Waals surface area contributed by atoms with E-state index in [2.05, 4.69) is 0 Å². The van der Waals surface area contributed by atoms with Crippen molar-refractivity contribution < 1.29 is 139 Å². The van der Waals surface area contributed by atoms with Crippen molar-refractivity contribution in [1.29, 1.82) is 0 Å². The molecule has 17 N–H and O–H groups in total. The normalized spacial score (nSPS) is 41.6. The lowest BCUT2D eigenvalue weighted by Crippen LogP contribution is -2.67. The topological polar surface area (TPSA) is 466 Å². The first kappa shape index (κ1) is 56.8. The van der Waals surface area contributed by atoms with Crippen LogP contribution in [0.2, 0.25) is 0 Å². The minimum Gasteiger partial charge on any atom is -0.508 e. The fourth-order valence-electron chi connectivity index (χ4n) is 9.60. The zero-order valence-corrected chi connectivity index (χ0v) is 40.0. The van der Waals surface area contributed by atoms with E-state index >= 15 is 0 Å². The summed E-state index contributed by atoms with van der Waals surface area (Å²) in [6, 6.07) is 3.41. The Bertz CT molecular complexity index is 2470. The van der Waals surface area contributed by atoms with Crippen LogP contribution < -0.4 is 14.9 Å². The molecule has 29 heteroatoms. The van der Waals surface area contributed by atoms with Crippen molar-refractivity contribution in [3.8, 4) is 45.8 Å². The Morgan fingerprint density at radius 3 is 1.80 bits per heavy atom. The van der Waals surface area contributed by atoms with Crippen LogP contribution in [0.5, 0.6) is 34.5 Å². The number of phenols is 4. The zero-order chi connectivity index (χ0) is 54.6. The van der Waals surface area contributed by atoms with Gasteiger partial charge in [0.15, 0.2) is 35.9 Å². The molecule has 4 saturated heterocycles. The largest absolute Gasteiger partial charge is 0.508 e. The molecular formula is C46H62O29. The lowest BCUT2D eigenvalue weighted by molar-refractivity contribution is -0.388. The number of phenolic OH excluding ortho intramolecular Hbond substituents is 4. The maximum absolute atomic E-state index is 14.5. The summed E-state index contributed by atoms with van der Waals surface area (Å²) in [5.41, 5.74) is -2.13. The van der Waals surface area contributed by atoms with Gasteiger partial charge in [-0.1, -0.05) is 6.92 Å². The summed E-state index contributed by atoms with van der Waals surface area (Å²) in [5.74, 6) is -6.18. The number of aliphatic hydroxyl groups excluding tert-OH is 13. The molecule has 1 aromatic heterocycles. The molecule has 0 radical (unpaired) electrons. The van der Waals surface area contributed by atoms with Gasteiger partial charge in [0.25, 0.3) is 0 Å². The van der Waals surface area contributed by atoms with Crippen molar-refractivity contribution >= 4 is 11.0 Å². The highest BCUT2D eigenvalue weighted by Gasteiger charge is 2.55. The summed E-state index contributed by atoms with van der Waals surface area (Å²) >= 11 is 0. The van der Waals surface area contributed by atoms with Gasteiger partial charge in [0.2, 0.25) is 29.5 Å². The van der Waals surface area contributed by atoms with Crippen LogP contribution in [-0.2, 0) is 37.9 Å². The molecule has 29 nitrogen and oxygen atoms in total. The average Bonchev–Trinajstić information content (AvgIpc) is 3.37. The average molecular weight is 1080 g/mol. The predicted octanol–water partition coefficient (Wildman–Crippen LogP) is -5.88. The highest BCUT2D eigenvalue weighted by Crippen LogP contribution is 2.45. The molecule has 1 aliphatic carbocycles. The first-order valence-electron chi connectivity index (χ1n) is 23.7. The molecule has 2 unspecified atom stereocenters. The molecule has 5 fully saturated rings. The van der Waals surface area contributed by atoms with Crippen LogP contribution in [0.1, 0.15) is 20.3 Å². The molecule has 24 atom stereocenters. The molecule has 75 heavy (non-hydrogen) atoms. The Hall–Kier alpha value is -4.39. The minimum absolute atomic E-state index is 0.0697. The molecule has 5 heterocycles. The highest BCUT2D eigenvalue weighted by atomic mass is 16.8. The van der Waals surface area contributed by atoms with Gasteiger partial charge in [0, 0.05) is 24.8 Å². The Morgan fingerprint density at radius 2 is 1.13 bits per heavy atom. The van der Waals surface area contributed by atoms with E-state index in [-0.39, 0.29) is 6.42 Å². The first-order chi connectivity index (χ1) is 35.4. The molecular weight excluding hydrogens is 1020 g/mol. The summed E-state index contributed by atoms with van der Waals surface area (Å²) in [5, 5.41) is 183. The Kier molecular flexibility index (Phi) is 17.3. The molecule has 4 aliphatic heterocycles. The number of hydrogen-bond donors (Lipinski definition) is 17. The van der Waals surface area contributed by atoms with E-state index in [4.69, 9.17) is 51.8 Å². The number of aromatic hydroxyl groups is 4. The molecule has 0 spiro atoms. The maximum Gasteiger partial charge on any atom is 0.239 e. The standard InChI is InChI=1S/C46H62O29/c1-12-4-20(27(54)32(59)25(12)52)68-23-11-66-43(36(63)30(23)57)72-39-17(50)5-14(6-18(39)51)38-40(31(58)24-16(49)7-15(48)8-19(24)69-38)73-45-41(34(61)26(53)13(2)67-45)75-46-42(35(62)29(56)22(71-46)10-65-3)74-44-37(64)33(60)28(55)21(9-47)70-44/h5-8,12-13,20-23,25-30,32-37,41-57,59-64H,4,9-11H2,1-3H3/t12-,13+,20-,21-,22-,23-,25+,26+,27?,28-,29-,30+,32-,33+,34-,35+,36-,37-,41?,42-,43+,44+,45+,46+/m1/s1. The zero-order valence-electron chi connectivity index (χ0n) is 40.0. The van der Waals surface area contributed by atoms with Gasteiger partial charge in [-0.2, -0.15) is 0 Å². The fourth-order valence-corrected chi connectivity index (χ4v) is 9.60. The number of methoxy groups -OCH3 is 1. The second-order valence-corrected chi connectivity index (χ2v) is 19.2. The van der Waals surface area contributed by atoms with Crippen LogP contribution >= 0.6 is 0 Å². The van der Waals surface area contributed by atoms with Gasteiger partial charge >= 0.3 is 0 Å². The van der Waals surface area contributed by atoms with Crippen LogP contribution in [0.25, 0.3) is 22.3 Å². The van der Waals surface area contributed by atoms with Crippen molar-refractivity contribution in [3.05, 3.63) is 34.5 Å². The molecule has 8 rings (SSSR count). The van der Waals surface area contributed by atoms with E-state index in [1.165, 1.54) is 14.0 Å². The molecule has 5 aliphatic rings.